The first kappa shape index (κ1) is 22.9. The number of methoxy groups -OCH3 is 1. The largest absolute Gasteiger partial charge is 0.507 e. The minimum absolute atomic E-state index is 0.0902. The molecule has 0 saturated carbocycles. The van der Waals surface area contributed by atoms with E-state index in [9.17, 15) is 5.11 Å². The molecule has 178 valence electrons. The van der Waals surface area contributed by atoms with Crippen LogP contribution in [0.5, 0.6) is 17.2 Å². The summed E-state index contributed by atoms with van der Waals surface area (Å²) in [7, 11) is 3.68. The summed E-state index contributed by atoms with van der Waals surface area (Å²) in [4.78, 5) is 6.98. The molecular weight excluding hydrogens is 503 g/mol. The van der Waals surface area contributed by atoms with E-state index in [1.807, 2.05) is 6.92 Å². The van der Waals surface area contributed by atoms with Gasteiger partial charge in [0.25, 0.3) is 0 Å². The molecule has 1 aliphatic heterocycles. The lowest BCUT2D eigenvalue weighted by molar-refractivity contribution is 0.157. The minimum atomic E-state index is -0.455. The highest BCUT2D eigenvalue weighted by atomic mass is 79.9. The zero-order valence-electron chi connectivity index (χ0n) is 19.3. The number of piperidine rings is 1. The van der Waals surface area contributed by atoms with E-state index in [2.05, 4.69) is 43.1 Å². The van der Waals surface area contributed by atoms with Gasteiger partial charge in [0, 0.05) is 28.1 Å². The number of pyridine rings is 1. The smallest absolute Gasteiger partial charge is 0.182 e. The third kappa shape index (κ3) is 3.96. The van der Waals surface area contributed by atoms with Gasteiger partial charge >= 0.3 is 0 Å². The molecule has 0 unspecified atom stereocenters. The second kappa shape index (κ2) is 9.03. The number of aromatic nitrogens is 3. The highest BCUT2D eigenvalue weighted by Crippen LogP contribution is 2.45. The van der Waals surface area contributed by atoms with Crippen molar-refractivity contribution >= 4 is 37.7 Å². The van der Waals surface area contributed by atoms with Gasteiger partial charge in [-0.3, -0.25) is 5.10 Å². The van der Waals surface area contributed by atoms with Crippen LogP contribution in [0.1, 0.15) is 18.5 Å². The maximum absolute atomic E-state index is 15.8. The van der Waals surface area contributed by atoms with Crippen LogP contribution in [0.15, 0.2) is 28.7 Å². The number of nitrogens with one attached hydrogen (secondary N) is 1. The van der Waals surface area contributed by atoms with E-state index in [1.54, 1.807) is 25.3 Å². The van der Waals surface area contributed by atoms with Crippen molar-refractivity contribution in [1.29, 1.82) is 0 Å². The Morgan fingerprint density at radius 1 is 1.21 bits per heavy atom. The number of nitrogens with zero attached hydrogens (tertiary/aromatic N) is 3. The Morgan fingerprint density at radius 2 is 1.97 bits per heavy atom. The zero-order valence-corrected chi connectivity index (χ0v) is 20.9. The number of phenols is 1. The third-order valence-electron chi connectivity index (χ3n) is 6.57. The summed E-state index contributed by atoms with van der Waals surface area (Å²) in [5.74, 6) is 0.881. The van der Waals surface area contributed by atoms with Crippen molar-refractivity contribution in [2.45, 2.75) is 19.8 Å². The van der Waals surface area contributed by atoms with E-state index in [0.717, 1.165) is 31.6 Å². The van der Waals surface area contributed by atoms with Crippen molar-refractivity contribution in [3.8, 4) is 28.5 Å². The molecule has 3 heterocycles. The first-order valence-corrected chi connectivity index (χ1v) is 12.0. The van der Waals surface area contributed by atoms with Crippen molar-refractivity contribution in [1.82, 2.24) is 20.1 Å². The molecule has 0 amide bonds. The van der Waals surface area contributed by atoms with Crippen molar-refractivity contribution in [3.05, 3.63) is 40.2 Å². The second-order valence-electron chi connectivity index (χ2n) is 8.87. The molecule has 0 spiro atoms. The Balaban J connectivity index is 1.69. The molecule has 0 radical (unpaired) electrons. The molecule has 4 aromatic rings. The summed E-state index contributed by atoms with van der Waals surface area (Å²) in [5.41, 5.74) is 2.26. The van der Waals surface area contributed by atoms with Crippen LogP contribution in [0, 0.1) is 18.7 Å². The Kier molecular flexibility index (Phi) is 6.07. The van der Waals surface area contributed by atoms with Gasteiger partial charge in [-0.2, -0.15) is 5.10 Å². The number of H-pyrrole nitrogens is 1. The van der Waals surface area contributed by atoms with Crippen LogP contribution in [-0.4, -0.2) is 59.0 Å². The molecule has 0 bridgehead atoms. The number of aromatic amines is 1. The lowest BCUT2D eigenvalue weighted by Crippen LogP contribution is -2.32. The number of aryl methyl sites for hydroxylation is 1. The predicted octanol–water partition coefficient (Wildman–Crippen LogP) is 5.42. The van der Waals surface area contributed by atoms with Crippen LogP contribution in [0.4, 0.5) is 4.39 Å². The fourth-order valence-corrected chi connectivity index (χ4v) is 5.03. The van der Waals surface area contributed by atoms with E-state index >= 15 is 4.39 Å². The van der Waals surface area contributed by atoms with E-state index in [4.69, 9.17) is 9.47 Å². The maximum Gasteiger partial charge on any atom is 0.182 e. The van der Waals surface area contributed by atoms with Crippen LogP contribution in [0.2, 0.25) is 0 Å². The van der Waals surface area contributed by atoms with Gasteiger partial charge in [-0.1, -0.05) is 0 Å². The number of likely N-dealkylation sites (tertiary alicyclic amines) is 1. The first-order chi connectivity index (χ1) is 16.4. The number of fused-ring (bicyclic) bond motifs is 3. The van der Waals surface area contributed by atoms with Gasteiger partial charge in [-0.25, -0.2) is 9.37 Å². The number of halogens is 2. The number of ether oxygens (including phenoxy) is 2. The summed E-state index contributed by atoms with van der Waals surface area (Å²) in [6.07, 6.45) is 2.09. The quantitative estimate of drug-likeness (QED) is 0.359. The SMILES string of the molecule is COc1c(OCC2CCN(C)CC2)cc(F)c2c(-c3ccc(O)c(Br)c3)nc3n[nH]c(C)c3c12. The average molecular weight is 529 g/mol. The third-order valence-corrected chi connectivity index (χ3v) is 7.20. The second-order valence-corrected chi connectivity index (χ2v) is 9.73. The fraction of sp³-hybridized carbons (Fsp3) is 0.360. The molecular formula is C25H26BrFN4O3. The predicted molar refractivity (Wildman–Crippen MR) is 133 cm³/mol. The van der Waals surface area contributed by atoms with Gasteiger partial charge in [-0.15, -0.1) is 0 Å². The van der Waals surface area contributed by atoms with Crippen LogP contribution in [0.25, 0.3) is 33.1 Å². The van der Waals surface area contributed by atoms with Crippen molar-refractivity contribution in [2.24, 2.45) is 5.92 Å². The standard InChI is InChI=1S/C25H26BrFN4O3/c1-13-20-22-21(23(28-25(20)30-29-13)15-4-5-18(32)16(26)10-15)17(27)11-19(24(22)33-3)34-12-14-6-8-31(2)9-7-14/h4-5,10-11,14,32H,6-9,12H2,1-3H3,(H,28,29,30). The van der Waals surface area contributed by atoms with E-state index in [1.165, 1.54) is 6.07 Å². The molecule has 2 aromatic carbocycles. The van der Waals surface area contributed by atoms with Gasteiger partial charge in [0.2, 0.25) is 0 Å². The number of hydrogen-bond donors (Lipinski definition) is 2. The zero-order chi connectivity index (χ0) is 24.0. The van der Waals surface area contributed by atoms with E-state index in [0.29, 0.717) is 61.6 Å². The van der Waals surface area contributed by atoms with Crippen LogP contribution >= 0.6 is 15.9 Å². The van der Waals surface area contributed by atoms with Gasteiger partial charge in [0.05, 0.1) is 29.3 Å². The Bertz CT molecular complexity index is 1380. The van der Waals surface area contributed by atoms with Crippen molar-refractivity contribution < 1.29 is 19.0 Å². The fourth-order valence-electron chi connectivity index (χ4n) is 4.65. The summed E-state index contributed by atoms with van der Waals surface area (Å²) in [6.45, 7) is 4.44. The minimum Gasteiger partial charge on any atom is -0.507 e. The molecule has 7 nitrogen and oxygen atoms in total. The van der Waals surface area contributed by atoms with Crippen LogP contribution in [-0.2, 0) is 0 Å². The van der Waals surface area contributed by atoms with Gasteiger partial charge in [0.15, 0.2) is 17.1 Å². The highest BCUT2D eigenvalue weighted by Gasteiger charge is 2.25. The lowest BCUT2D eigenvalue weighted by Gasteiger charge is -2.29. The highest BCUT2D eigenvalue weighted by molar-refractivity contribution is 9.10. The Hall–Kier alpha value is -2.91. The molecule has 5 rings (SSSR count). The lowest BCUT2D eigenvalue weighted by atomic mass is 9.98. The molecule has 1 saturated heterocycles. The Labute approximate surface area is 205 Å². The molecule has 0 aliphatic carbocycles. The molecule has 1 aliphatic rings. The topological polar surface area (TPSA) is 83.5 Å². The summed E-state index contributed by atoms with van der Waals surface area (Å²) in [6, 6.07) is 6.33. The normalized spacial score (nSPS) is 15.3. The number of phenolic OH excluding ortho intramolecular Hbond substituents is 1. The van der Waals surface area contributed by atoms with Gasteiger partial charge in [-0.05, 0) is 79.9 Å². The van der Waals surface area contributed by atoms with Crippen LogP contribution < -0.4 is 9.47 Å². The van der Waals surface area contributed by atoms with Crippen molar-refractivity contribution in [2.75, 3.05) is 33.9 Å². The number of rotatable bonds is 5. The summed E-state index contributed by atoms with van der Waals surface area (Å²) < 4.78 is 28.3. The van der Waals surface area contributed by atoms with Crippen LogP contribution in [0.3, 0.4) is 0 Å². The molecule has 2 aromatic heterocycles. The molecule has 34 heavy (non-hydrogen) atoms. The first-order valence-electron chi connectivity index (χ1n) is 11.2. The van der Waals surface area contributed by atoms with Gasteiger partial charge in [0.1, 0.15) is 11.6 Å². The van der Waals surface area contributed by atoms with E-state index < -0.39 is 5.82 Å². The Morgan fingerprint density at radius 3 is 2.68 bits per heavy atom. The molecule has 9 heteroatoms. The number of hydrogen-bond acceptors (Lipinski definition) is 6. The number of aromatic hydroxyl groups is 1. The maximum atomic E-state index is 15.8. The average Bonchev–Trinajstić information content (AvgIpc) is 3.20. The molecule has 0 atom stereocenters. The molecule has 2 N–H and O–H groups in total. The molecule has 1 fully saturated rings. The summed E-state index contributed by atoms with van der Waals surface area (Å²) in [5, 5.41) is 18.8. The van der Waals surface area contributed by atoms with E-state index in [-0.39, 0.29) is 5.75 Å². The van der Waals surface area contributed by atoms with Crippen molar-refractivity contribution in [3.63, 3.8) is 0 Å². The summed E-state index contributed by atoms with van der Waals surface area (Å²) >= 11 is 3.34. The monoisotopic (exact) mass is 528 g/mol. The van der Waals surface area contributed by atoms with Gasteiger partial charge < -0.3 is 19.5 Å². The number of benzene rings is 2.